The van der Waals surface area contributed by atoms with E-state index in [0.29, 0.717) is 29.2 Å². The van der Waals surface area contributed by atoms with E-state index in [0.717, 1.165) is 0 Å². The van der Waals surface area contributed by atoms with Crippen LogP contribution in [0, 0.1) is 0 Å². The van der Waals surface area contributed by atoms with Gasteiger partial charge in [0.25, 0.3) is 8.32 Å². The van der Waals surface area contributed by atoms with Crippen molar-refractivity contribution in [2.45, 2.75) is 51.7 Å². The highest BCUT2D eigenvalue weighted by molar-refractivity contribution is 6.74. The summed E-state index contributed by atoms with van der Waals surface area (Å²) in [5, 5.41) is 0.00311. The average molecular weight is 359 g/mol. The third-order valence-corrected chi connectivity index (χ3v) is 8.82. The van der Waals surface area contributed by atoms with Gasteiger partial charge < -0.3 is 13.9 Å². The molecule has 0 spiro atoms. The minimum atomic E-state index is -2.12. The third-order valence-electron chi connectivity index (χ3n) is 4.19. The quantitative estimate of drug-likeness (QED) is 0.408. The first kappa shape index (κ1) is 19.8. The summed E-state index contributed by atoms with van der Waals surface area (Å²) in [7, 11) is -0.547. The molecule has 1 aromatic carbocycles. The Morgan fingerprint density at radius 2 is 1.87 bits per heavy atom. The highest BCUT2D eigenvalue weighted by atomic mass is 35.5. The van der Waals surface area contributed by atoms with Gasteiger partial charge in [0, 0.05) is 11.9 Å². The Hall–Kier alpha value is -1.20. The molecule has 0 atom stereocenters. The normalized spacial score (nSPS) is 12.0. The topological polar surface area (TPSA) is 44.8 Å². The van der Waals surface area contributed by atoms with Gasteiger partial charge in [0.05, 0.1) is 13.7 Å². The second-order valence-corrected chi connectivity index (χ2v) is 11.9. The molecule has 0 unspecified atom stereocenters. The Balaban J connectivity index is 3.45. The Labute approximate surface area is 145 Å². The molecular weight excluding hydrogens is 332 g/mol. The highest BCUT2D eigenvalue weighted by Crippen LogP contribution is 2.40. The predicted octanol–water partition coefficient (Wildman–Crippen LogP) is 4.99. The number of carbonyl (C=O) groups is 1. The van der Waals surface area contributed by atoms with E-state index in [-0.39, 0.29) is 10.9 Å². The molecule has 0 aliphatic heterocycles. The van der Waals surface area contributed by atoms with Crippen molar-refractivity contribution in [3.05, 3.63) is 23.3 Å². The summed E-state index contributed by atoms with van der Waals surface area (Å²) < 4.78 is 16.8. The molecule has 0 radical (unpaired) electrons. The first-order valence-corrected chi connectivity index (χ1v) is 11.1. The van der Waals surface area contributed by atoms with Gasteiger partial charge in [-0.15, -0.1) is 11.6 Å². The lowest BCUT2D eigenvalue weighted by atomic mass is 10.1. The average Bonchev–Trinajstić information content (AvgIpc) is 2.44. The standard InChI is InChI=1S/C17H27ClO4Si/c1-8-21-16(19)15-12(11-18)9-13(20-5)10-14(15)22-23(6,7)17(2,3)4/h9-10H,8,11H2,1-7H3. The van der Waals surface area contributed by atoms with Crippen LogP contribution in [0.25, 0.3) is 0 Å². The molecule has 1 aromatic rings. The van der Waals surface area contributed by atoms with E-state index in [1.165, 1.54) is 0 Å². The van der Waals surface area contributed by atoms with E-state index in [1.54, 1.807) is 26.2 Å². The van der Waals surface area contributed by atoms with Gasteiger partial charge in [0.15, 0.2) is 0 Å². The molecule has 4 nitrogen and oxygen atoms in total. The van der Waals surface area contributed by atoms with Crippen LogP contribution < -0.4 is 9.16 Å². The van der Waals surface area contributed by atoms with Crippen LogP contribution in [-0.2, 0) is 10.6 Å². The molecular formula is C17H27ClO4Si. The van der Waals surface area contributed by atoms with Crippen LogP contribution in [0.5, 0.6) is 11.5 Å². The predicted molar refractivity (Wildman–Crippen MR) is 96.3 cm³/mol. The molecule has 0 saturated heterocycles. The van der Waals surface area contributed by atoms with Gasteiger partial charge in [-0.05, 0) is 36.7 Å². The summed E-state index contributed by atoms with van der Waals surface area (Å²) >= 11 is 6.03. The SMILES string of the molecule is CCOC(=O)c1c(CCl)cc(OC)cc1O[Si](C)(C)C(C)(C)C. The van der Waals surface area contributed by atoms with Crippen LogP contribution >= 0.6 is 11.6 Å². The summed E-state index contributed by atoms with van der Waals surface area (Å²) in [6.45, 7) is 12.8. The molecule has 1 rings (SSSR count). The highest BCUT2D eigenvalue weighted by Gasteiger charge is 2.40. The lowest BCUT2D eigenvalue weighted by Crippen LogP contribution is -2.44. The van der Waals surface area contributed by atoms with Crippen LogP contribution in [-0.4, -0.2) is 28.0 Å². The maximum atomic E-state index is 12.4. The molecule has 0 saturated carbocycles. The van der Waals surface area contributed by atoms with Crippen molar-refractivity contribution >= 4 is 25.9 Å². The van der Waals surface area contributed by atoms with E-state index in [2.05, 4.69) is 33.9 Å². The zero-order valence-electron chi connectivity index (χ0n) is 15.1. The molecule has 0 aromatic heterocycles. The lowest BCUT2D eigenvalue weighted by molar-refractivity contribution is 0.0523. The van der Waals surface area contributed by atoms with Crippen molar-refractivity contribution in [2.75, 3.05) is 13.7 Å². The molecule has 0 bridgehead atoms. The Morgan fingerprint density at radius 1 is 1.26 bits per heavy atom. The number of hydrogen-bond acceptors (Lipinski definition) is 4. The van der Waals surface area contributed by atoms with Crippen molar-refractivity contribution in [3.63, 3.8) is 0 Å². The van der Waals surface area contributed by atoms with Gasteiger partial charge in [-0.2, -0.15) is 0 Å². The number of rotatable bonds is 6. The van der Waals surface area contributed by atoms with Gasteiger partial charge in [-0.3, -0.25) is 0 Å². The van der Waals surface area contributed by atoms with Gasteiger partial charge in [-0.25, -0.2) is 4.79 Å². The number of methoxy groups -OCH3 is 1. The number of benzene rings is 1. The van der Waals surface area contributed by atoms with Crippen molar-refractivity contribution < 1.29 is 18.7 Å². The third kappa shape index (κ3) is 4.64. The zero-order valence-corrected chi connectivity index (χ0v) is 16.8. The summed E-state index contributed by atoms with van der Waals surface area (Å²) in [4.78, 5) is 12.4. The molecule has 6 heteroatoms. The Kier molecular flexibility index (Phi) is 6.54. The fourth-order valence-electron chi connectivity index (χ4n) is 1.81. The van der Waals surface area contributed by atoms with Crippen LogP contribution in [0.3, 0.4) is 0 Å². The minimum absolute atomic E-state index is 0.00311. The zero-order chi connectivity index (χ0) is 17.8. The Bertz CT molecular complexity index is 564. The number of hydrogen-bond donors (Lipinski definition) is 0. The van der Waals surface area contributed by atoms with Gasteiger partial charge in [0.1, 0.15) is 17.1 Å². The van der Waals surface area contributed by atoms with Crippen molar-refractivity contribution in [3.8, 4) is 11.5 Å². The molecule has 0 N–H and O–H groups in total. The van der Waals surface area contributed by atoms with Crippen LogP contribution in [0.15, 0.2) is 12.1 Å². The lowest BCUT2D eigenvalue weighted by Gasteiger charge is -2.37. The van der Waals surface area contributed by atoms with Crippen molar-refractivity contribution in [1.29, 1.82) is 0 Å². The van der Waals surface area contributed by atoms with Gasteiger partial charge in [-0.1, -0.05) is 20.8 Å². The molecule has 23 heavy (non-hydrogen) atoms. The molecule has 0 amide bonds. The second kappa shape index (κ2) is 7.58. The monoisotopic (exact) mass is 358 g/mol. The molecule has 0 aliphatic carbocycles. The van der Waals surface area contributed by atoms with Crippen LogP contribution in [0.4, 0.5) is 0 Å². The Morgan fingerprint density at radius 3 is 2.30 bits per heavy atom. The van der Waals surface area contributed by atoms with E-state index in [1.807, 2.05) is 0 Å². The largest absolute Gasteiger partial charge is 0.543 e. The first-order valence-electron chi connectivity index (χ1n) is 7.70. The van der Waals surface area contributed by atoms with E-state index >= 15 is 0 Å². The maximum absolute atomic E-state index is 12.4. The fourth-order valence-corrected chi connectivity index (χ4v) is 3.04. The van der Waals surface area contributed by atoms with E-state index in [9.17, 15) is 4.79 Å². The summed E-state index contributed by atoms with van der Waals surface area (Å²) in [5.74, 6) is 0.867. The maximum Gasteiger partial charge on any atom is 0.342 e. The minimum Gasteiger partial charge on any atom is -0.543 e. The van der Waals surface area contributed by atoms with E-state index < -0.39 is 14.3 Å². The number of ether oxygens (including phenoxy) is 2. The smallest absolute Gasteiger partial charge is 0.342 e. The number of halogens is 1. The summed E-state index contributed by atoms with van der Waals surface area (Å²) in [6.07, 6.45) is 0. The number of esters is 1. The second-order valence-electron chi connectivity index (χ2n) is 6.88. The first-order chi connectivity index (χ1) is 10.6. The van der Waals surface area contributed by atoms with Crippen molar-refractivity contribution in [2.24, 2.45) is 0 Å². The van der Waals surface area contributed by atoms with E-state index in [4.69, 9.17) is 25.5 Å². The summed E-state index contributed by atoms with van der Waals surface area (Å²) in [5.41, 5.74) is 1.05. The van der Waals surface area contributed by atoms with Crippen LogP contribution in [0.1, 0.15) is 43.6 Å². The number of alkyl halides is 1. The van der Waals surface area contributed by atoms with Gasteiger partial charge >= 0.3 is 5.97 Å². The fraction of sp³-hybridized carbons (Fsp3) is 0.588. The molecule has 0 fully saturated rings. The van der Waals surface area contributed by atoms with Crippen molar-refractivity contribution in [1.82, 2.24) is 0 Å². The molecule has 130 valence electrons. The number of carbonyl (C=O) groups excluding carboxylic acids is 1. The summed E-state index contributed by atoms with van der Waals surface area (Å²) in [6, 6.07) is 3.49. The molecule has 0 aliphatic rings. The van der Waals surface area contributed by atoms with Crippen LogP contribution in [0.2, 0.25) is 18.1 Å². The van der Waals surface area contributed by atoms with Gasteiger partial charge in [0.2, 0.25) is 0 Å². The molecule has 0 heterocycles.